The van der Waals surface area contributed by atoms with E-state index in [9.17, 15) is 10.1 Å². The van der Waals surface area contributed by atoms with Gasteiger partial charge in [0.1, 0.15) is 0 Å². The van der Waals surface area contributed by atoms with Crippen LogP contribution in [0.3, 0.4) is 0 Å². The number of hydrogen-bond acceptors (Lipinski definition) is 4. The molecule has 0 unspecified atom stereocenters. The molecule has 1 heterocycles. The summed E-state index contributed by atoms with van der Waals surface area (Å²) in [6.45, 7) is 5.79. The van der Waals surface area contributed by atoms with Crippen LogP contribution < -0.4 is 10.6 Å². The lowest BCUT2D eigenvalue weighted by molar-refractivity contribution is 0.0289. The number of carbonyl (C=O) groups excluding carboxylic acids is 1. The van der Waals surface area contributed by atoms with Gasteiger partial charge in [-0.2, -0.15) is 5.26 Å². The maximum atomic E-state index is 12.9. The van der Waals surface area contributed by atoms with Gasteiger partial charge in [-0.3, -0.25) is 9.80 Å². The van der Waals surface area contributed by atoms with Gasteiger partial charge in [-0.05, 0) is 66.8 Å². The molecule has 3 aromatic carbocycles. The van der Waals surface area contributed by atoms with E-state index in [1.54, 1.807) is 18.2 Å². The number of nitrogens with one attached hydrogen (secondary N) is 2. The molecule has 208 valence electrons. The Hall–Kier alpha value is -3.08. The molecule has 6 nitrogen and oxygen atoms in total. The van der Waals surface area contributed by atoms with Crippen molar-refractivity contribution >= 4 is 34.9 Å². The number of anilines is 1. The fourth-order valence-corrected chi connectivity index (χ4v) is 6.39. The van der Waals surface area contributed by atoms with E-state index in [0.717, 1.165) is 36.3 Å². The molecule has 1 aliphatic carbocycles. The number of piperazine rings is 1. The average molecular weight is 577 g/mol. The van der Waals surface area contributed by atoms with E-state index < -0.39 is 0 Å². The average Bonchev–Trinajstić information content (AvgIpc) is 3.51. The van der Waals surface area contributed by atoms with Crippen LogP contribution >= 0.6 is 23.2 Å². The van der Waals surface area contributed by atoms with E-state index in [1.807, 2.05) is 24.3 Å². The fourth-order valence-electron chi connectivity index (χ4n) is 6.10. The minimum atomic E-state index is -0.287. The molecule has 0 bridgehead atoms. The van der Waals surface area contributed by atoms with Gasteiger partial charge in [-0.15, -0.1) is 0 Å². The number of nitriles is 1. The van der Waals surface area contributed by atoms with Crippen LogP contribution in [0.25, 0.3) is 11.1 Å². The SMILES string of the molecule is C[C@H]1CN(C2CCCC2)CCN1[C@H](CNC(=O)Nc1ccc(Cl)c(Cl)c1)c1ccc(-c2cccc(C#N)c2)cc1. The van der Waals surface area contributed by atoms with Gasteiger partial charge in [0.15, 0.2) is 0 Å². The number of hydrogen-bond donors (Lipinski definition) is 2. The number of benzene rings is 3. The van der Waals surface area contributed by atoms with Crippen LogP contribution in [-0.4, -0.2) is 54.1 Å². The van der Waals surface area contributed by atoms with Crippen molar-refractivity contribution in [2.24, 2.45) is 0 Å². The lowest BCUT2D eigenvalue weighted by Gasteiger charge is -2.46. The summed E-state index contributed by atoms with van der Waals surface area (Å²) in [4.78, 5) is 18.1. The van der Waals surface area contributed by atoms with Gasteiger partial charge >= 0.3 is 6.03 Å². The molecule has 0 radical (unpaired) electrons. The molecule has 3 aromatic rings. The Kier molecular flexibility index (Phi) is 9.29. The molecule has 1 aliphatic heterocycles. The Bertz CT molecular complexity index is 1370. The first kappa shape index (κ1) is 28.4. The van der Waals surface area contributed by atoms with Crippen LogP contribution in [0, 0.1) is 11.3 Å². The van der Waals surface area contributed by atoms with Crippen molar-refractivity contribution < 1.29 is 4.79 Å². The van der Waals surface area contributed by atoms with Crippen LogP contribution in [-0.2, 0) is 0 Å². The monoisotopic (exact) mass is 575 g/mol. The summed E-state index contributed by atoms with van der Waals surface area (Å²) in [5, 5.41) is 16.1. The largest absolute Gasteiger partial charge is 0.336 e. The van der Waals surface area contributed by atoms with Crippen molar-refractivity contribution in [2.75, 3.05) is 31.5 Å². The number of nitrogens with zero attached hydrogens (tertiary/aromatic N) is 3. The molecule has 2 aliphatic rings. The summed E-state index contributed by atoms with van der Waals surface area (Å²) in [6.07, 6.45) is 5.29. The summed E-state index contributed by atoms with van der Waals surface area (Å²) in [7, 11) is 0. The van der Waals surface area contributed by atoms with Gasteiger partial charge in [-0.25, -0.2) is 4.79 Å². The highest BCUT2D eigenvalue weighted by atomic mass is 35.5. The lowest BCUT2D eigenvalue weighted by Crippen LogP contribution is -2.56. The van der Waals surface area contributed by atoms with E-state index >= 15 is 0 Å². The first-order valence-electron chi connectivity index (χ1n) is 14.0. The third-order valence-electron chi connectivity index (χ3n) is 8.21. The third-order valence-corrected chi connectivity index (χ3v) is 8.94. The first-order chi connectivity index (χ1) is 19.4. The molecular weight excluding hydrogens is 541 g/mol. The first-order valence-corrected chi connectivity index (χ1v) is 14.8. The maximum absolute atomic E-state index is 12.9. The van der Waals surface area contributed by atoms with Crippen molar-refractivity contribution in [1.29, 1.82) is 5.26 Å². The summed E-state index contributed by atoms with van der Waals surface area (Å²) in [5.74, 6) is 0. The van der Waals surface area contributed by atoms with Crippen LogP contribution in [0.5, 0.6) is 0 Å². The third kappa shape index (κ3) is 6.79. The van der Waals surface area contributed by atoms with E-state index in [-0.39, 0.29) is 12.1 Å². The quantitative estimate of drug-likeness (QED) is 0.309. The second-order valence-electron chi connectivity index (χ2n) is 10.8. The topological polar surface area (TPSA) is 71.4 Å². The molecule has 8 heteroatoms. The number of halogens is 2. The van der Waals surface area contributed by atoms with Gasteiger partial charge in [0.25, 0.3) is 0 Å². The molecule has 2 atom stereocenters. The van der Waals surface area contributed by atoms with Crippen molar-refractivity contribution in [3.8, 4) is 17.2 Å². The van der Waals surface area contributed by atoms with Crippen LogP contribution in [0.4, 0.5) is 10.5 Å². The molecule has 2 fully saturated rings. The highest BCUT2D eigenvalue weighted by molar-refractivity contribution is 6.42. The Morgan fingerprint density at radius 3 is 2.48 bits per heavy atom. The van der Waals surface area contributed by atoms with Crippen molar-refractivity contribution in [3.63, 3.8) is 0 Å². The van der Waals surface area contributed by atoms with Crippen LogP contribution in [0.15, 0.2) is 66.7 Å². The van der Waals surface area contributed by atoms with Gasteiger partial charge in [0.05, 0.1) is 27.7 Å². The number of carbonyl (C=O) groups is 1. The number of amides is 2. The molecular formula is C32H35Cl2N5O. The minimum absolute atomic E-state index is 0.0137. The fraction of sp³-hybridized carbons (Fsp3) is 0.375. The molecule has 5 rings (SSSR count). The Morgan fingerprint density at radius 2 is 1.77 bits per heavy atom. The highest BCUT2D eigenvalue weighted by Crippen LogP contribution is 2.31. The zero-order valence-electron chi connectivity index (χ0n) is 22.7. The molecule has 0 aromatic heterocycles. The van der Waals surface area contributed by atoms with Crippen molar-refractivity contribution in [3.05, 3.63) is 87.9 Å². The predicted molar refractivity (Wildman–Crippen MR) is 163 cm³/mol. The summed E-state index contributed by atoms with van der Waals surface area (Å²) >= 11 is 12.1. The van der Waals surface area contributed by atoms with Gasteiger partial charge in [0.2, 0.25) is 0 Å². The second kappa shape index (κ2) is 13.1. The smallest absolute Gasteiger partial charge is 0.319 e. The zero-order chi connectivity index (χ0) is 28.1. The standard InChI is InChI=1S/C32H35Cl2N5O/c1-22-21-38(28-7-2-3-8-28)15-16-39(22)31(20-36-32(40)37-27-13-14-29(33)30(34)18-27)25-11-9-24(10-12-25)26-6-4-5-23(17-26)19-35/h4-6,9-14,17-18,22,28,31H,2-3,7-8,15-16,20-21H2,1H3,(H2,36,37,40)/t22-,31+/m0/s1. The number of urea groups is 1. The molecule has 2 amide bonds. The van der Waals surface area contributed by atoms with E-state index in [1.165, 1.54) is 25.7 Å². The summed E-state index contributed by atoms with van der Waals surface area (Å²) < 4.78 is 0. The van der Waals surface area contributed by atoms with Crippen LogP contribution in [0.2, 0.25) is 10.0 Å². The lowest BCUT2D eigenvalue weighted by atomic mass is 9.97. The minimum Gasteiger partial charge on any atom is -0.336 e. The Balaban J connectivity index is 1.33. The highest BCUT2D eigenvalue weighted by Gasteiger charge is 2.34. The van der Waals surface area contributed by atoms with E-state index in [2.05, 4.69) is 57.7 Å². The second-order valence-corrected chi connectivity index (χ2v) is 11.6. The molecule has 2 N–H and O–H groups in total. The zero-order valence-corrected chi connectivity index (χ0v) is 24.3. The Labute approximate surface area is 246 Å². The van der Waals surface area contributed by atoms with Crippen molar-refractivity contribution in [2.45, 2.75) is 50.7 Å². The van der Waals surface area contributed by atoms with Crippen LogP contribution in [0.1, 0.15) is 49.8 Å². The van der Waals surface area contributed by atoms with E-state index in [0.29, 0.717) is 39.9 Å². The number of rotatable bonds is 7. The molecule has 1 saturated carbocycles. The Morgan fingerprint density at radius 1 is 1.00 bits per heavy atom. The van der Waals surface area contributed by atoms with Gasteiger partial charge < -0.3 is 10.6 Å². The molecule has 1 saturated heterocycles. The van der Waals surface area contributed by atoms with Crippen molar-refractivity contribution in [1.82, 2.24) is 15.1 Å². The van der Waals surface area contributed by atoms with Gasteiger partial charge in [0, 0.05) is 44.0 Å². The maximum Gasteiger partial charge on any atom is 0.319 e. The molecule has 0 spiro atoms. The molecule has 40 heavy (non-hydrogen) atoms. The van der Waals surface area contributed by atoms with Gasteiger partial charge in [-0.1, -0.05) is 72.4 Å². The predicted octanol–water partition coefficient (Wildman–Crippen LogP) is 7.34. The van der Waals surface area contributed by atoms with E-state index in [4.69, 9.17) is 23.2 Å². The summed E-state index contributed by atoms with van der Waals surface area (Å²) in [5.41, 5.74) is 4.46. The summed E-state index contributed by atoms with van der Waals surface area (Å²) in [6, 6.07) is 24.2. The normalized spacial score (nSPS) is 19.2.